The Morgan fingerprint density at radius 3 is 2.56 bits per heavy atom. The van der Waals surface area contributed by atoms with Crippen LogP contribution >= 0.6 is 0 Å². The molecule has 0 N–H and O–H groups in total. The number of hydrogen-bond acceptors (Lipinski definition) is 6. The molecule has 1 fully saturated rings. The molecule has 27 heavy (non-hydrogen) atoms. The molecule has 1 aliphatic rings. The summed E-state index contributed by atoms with van der Waals surface area (Å²) in [5.41, 5.74) is 1.12. The van der Waals surface area contributed by atoms with Gasteiger partial charge in [-0.3, -0.25) is 4.79 Å². The standard InChI is InChI=1S/C20H25N3O4/c1-25-16-8-5-15(6-9-16)7-10-18(24)23-13-3-4-17(14-23)27-20-19(26-2)21-11-12-22-20/h5-6,8-9,11-12,17H,3-4,7,10,13-14H2,1-2H3. The van der Waals surface area contributed by atoms with Crippen molar-refractivity contribution in [3.63, 3.8) is 0 Å². The first-order valence-electron chi connectivity index (χ1n) is 9.12. The lowest BCUT2D eigenvalue weighted by Gasteiger charge is -2.32. The zero-order valence-corrected chi connectivity index (χ0v) is 15.8. The largest absolute Gasteiger partial charge is 0.497 e. The highest BCUT2D eigenvalue weighted by atomic mass is 16.5. The van der Waals surface area contributed by atoms with Crippen LogP contribution in [-0.2, 0) is 11.2 Å². The van der Waals surface area contributed by atoms with Crippen molar-refractivity contribution >= 4 is 5.91 Å². The highest BCUT2D eigenvalue weighted by Crippen LogP contribution is 2.24. The Labute approximate surface area is 159 Å². The van der Waals surface area contributed by atoms with Gasteiger partial charge in [-0.15, -0.1) is 0 Å². The second-order valence-electron chi connectivity index (χ2n) is 6.44. The molecule has 2 heterocycles. The Kier molecular flexibility index (Phi) is 6.46. The van der Waals surface area contributed by atoms with Gasteiger partial charge in [0.15, 0.2) is 0 Å². The number of aryl methyl sites for hydroxylation is 1. The van der Waals surface area contributed by atoms with E-state index in [1.54, 1.807) is 19.5 Å². The van der Waals surface area contributed by atoms with Gasteiger partial charge >= 0.3 is 0 Å². The van der Waals surface area contributed by atoms with Gasteiger partial charge in [-0.2, -0.15) is 0 Å². The number of carbonyl (C=O) groups excluding carboxylic acids is 1. The van der Waals surface area contributed by atoms with Crippen LogP contribution in [0.15, 0.2) is 36.7 Å². The zero-order chi connectivity index (χ0) is 19.1. The molecule has 0 spiro atoms. The normalized spacial score (nSPS) is 16.7. The molecule has 0 radical (unpaired) electrons. The minimum Gasteiger partial charge on any atom is -0.497 e. The molecule has 1 aromatic carbocycles. The van der Waals surface area contributed by atoms with E-state index in [-0.39, 0.29) is 12.0 Å². The van der Waals surface area contributed by atoms with Crippen molar-refractivity contribution in [1.29, 1.82) is 0 Å². The fourth-order valence-corrected chi connectivity index (χ4v) is 3.15. The summed E-state index contributed by atoms with van der Waals surface area (Å²) in [5.74, 6) is 1.70. The third kappa shape index (κ3) is 5.09. The number of hydrogen-bond donors (Lipinski definition) is 0. The third-order valence-electron chi connectivity index (χ3n) is 4.62. The lowest BCUT2D eigenvalue weighted by atomic mass is 10.1. The summed E-state index contributed by atoms with van der Waals surface area (Å²) in [6, 6.07) is 7.82. The number of nitrogens with zero attached hydrogens (tertiary/aromatic N) is 3. The van der Waals surface area contributed by atoms with Crippen LogP contribution in [0.2, 0.25) is 0 Å². The fraction of sp³-hybridized carbons (Fsp3) is 0.450. The van der Waals surface area contributed by atoms with Crippen molar-refractivity contribution < 1.29 is 19.0 Å². The van der Waals surface area contributed by atoms with Gasteiger partial charge in [-0.25, -0.2) is 9.97 Å². The van der Waals surface area contributed by atoms with E-state index in [9.17, 15) is 4.79 Å². The van der Waals surface area contributed by atoms with E-state index in [4.69, 9.17) is 14.2 Å². The predicted molar refractivity (Wildman–Crippen MR) is 100 cm³/mol. The van der Waals surface area contributed by atoms with E-state index in [1.165, 1.54) is 7.11 Å². The molecule has 1 aromatic heterocycles. The third-order valence-corrected chi connectivity index (χ3v) is 4.62. The molecule has 0 saturated carbocycles. The molecule has 1 saturated heterocycles. The monoisotopic (exact) mass is 371 g/mol. The molecule has 7 nitrogen and oxygen atoms in total. The minimum atomic E-state index is -0.103. The van der Waals surface area contributed by atoms with Crippen LogP contribution in [0.1, 0.15) is 24.8 Å². The Morgan fingerprint density at radius 1 is 1.11 bits per heavy atom. The first-order chi connectivity index (χ1) is 13.2. The molecule has 1 atom stereocenters. The number of likely N-dealkylation sites (tertiary alicyclic amines) is 1. The van der Waals surface area contributed by atoms with E-state index >= 15 is 0 Å². The van der Waals surface area contributed by atoms with Crippen LogP contribution in [-0.4, -0.2) is 54.2 Å². The molecule has 3 rings (SSSR count). The fourth-order valence-electron chi connectivity index (χ4n) is 3.15. The molecule has 0 bridgehead atoms. The average molecular weight is 371 g/mol. The highest BCUT2D eigenvalue weighted by molar-refractivity contribution is 5.76. The van der Waals surface area contributed by atoms with E-state index in [0.29, 0.717) is 31.1 Å². The summed E-state index contributed by atoms with van der Waals surface area (Å²) in [7, 11) is 3.18. The highest BCUT2D eigenvalue weighted by Gasteiger charge is 2.26. The summed E-state index contributed by atoms with van der Waals surface area (Å²) in [5, 5.41) is 0. The van der Waals surface area contributed by atoms with E-state index in [0.717, 1.165) is 30.7 Å². The van der Waals surface area contributed by atoms with E-state index in [2.05, 4.69) is 9.97 Å². The van der Waals surface area contributed by atoms with Crippen LogP contribution < -0.4 is 14.2 Å². The van der Waals surface area contributed by atoms with Crippen molar-refractivity contribution in [3.8, 4) is 17.5 Å². The van der Waals surface area contributed by atoms with Gasteiger partial charge in [0.1, 0.15) is 11.9 Å². The second kappa shape index (κ2) is 9.21. The Bertz CT molecular complexity index is 751. The summed E-state index contributed by atoms with van der Waals surface area (Å²) in [6.07, 6.45) is 5.99. The van der Waals surface area contributed by atoms with Gasteiger partial charge in [-0.1, -0.05) is 12.1 Å². The number of amides is 1. The molecule has 1 amide bonds. The number of aromatic nitrogens is 2. The van der Waals surface area contributed by atoms with Crippen LogP contribution in [0.4, 0.5) is 0 Å². The van der Waals surface area contributed by atoms with Crippen molar-refractivity contribution in [2.75, 3.05) is 27.3 Å². The predicted octanol–water partition coefficient (Wildman–Crippen LogP) is 2.50. The van der Waals surface area contributed by atoms with Gasteiger partial charge in [0.25, 0.3) is 11.8 Å². The maximum Gasteiger partial charge on any atom is 0.278 e. The van der Waals surface area contributed by atoms with Crippen LogP contribution in [0.25, 0.3) is 0 Å². The second-order valence-corrected chi connectivity index (χ2v) is 6.44. The van der Waals surface area contributed by atoms with Crippen LogP contribution in [0, 0.1) is 0 Å². The molecule has 2 aromatic rings. The minimum absolute atomic E-state index is 0.103. The van der Waals surface area contributed by atoms with E-state index in [1.807, 2.05) is 29.2 Å². The number of methoxy groups -OCH3 is 2. The molecular weight excluding hydrogens is 346 g/mol. The number of benzene rings is 1. The smallest absolute Gasteiger partial charge is 0.278 e. The first kappa shape index (κ1) is 18.9. The molecule has 144 valence electrons. The Hall–Kier alpha value is -2.83. The summed E-state index contributed by atoms with van der Waals surface area (Å²) in [6.45, 7) is 1.32. The first-order valence-corrected chi connectivity index (χ1v) is 9.12. The average Bonchev–Trinajstić information content (AvgIpc) is 2.73. The van der Waals surface area contributed by atoms with Crippen LogP contribution in [0.5, 0.6) is 17.5 Å². The number of carbonyl (C=O) groups is 1. The quantitative estimate of drug-likeness (QED) is 0.745. The van der Waals surface area contributed by atoms with Gasteiger partial charge in [0.2, 0.25) is 5.91 Å². The van der Waals surface area contributed by atoms with Crippen molar-refractivity contribution in [2.45, 2.75) is 31.8 Å². The van der Waals surface area contributed by atoms with E-state index < -0.39 is 0 Å². The van der Waals surface area contributed by atoms with Gasteiger partial charge in [0, 0.05) is 25.4 Å². The SMILES string of the molecule is COc1ccc(CCC(=O)N2CCCC(Oc3nccnc3OC)C2)cc1. The van der Waals surface area contributed by atoms with Crippen molar-refractivity contribution in [3.05, 3.63) is 42.2 Å². The maximum atomic E-state index is 12.6. The molecule has 1 unspecified atom stereocenters. The van der Waals surface area contributed by atoms with Crippen LogP contribution in [0.3, 0.4) is 0 Å². The lowest BCUT2D eigenvalue weighted by molar-refractivity contribution is -0.133. The summed E-state index contributed by atoms with van der Waals surface area (Å²) >= 11 is 0. The van der Waals surface area contributed by atoms with Gasteiger partial charge < -0.3 is 19.1 Å². The topological polar surface area (TPSA) is 73.8 Å². The number of piperidine rings is 1. The molecular formula is C20H25N3O4. The van der Waals surface area contributed by atoms with Crippen molar-refractivity contribution in [2.24, 2.45) is 0 Å². The zero-order valence-electron chi connectivity index (χ0n) is 15.8. The Balaban J connectivity index is 1.52. The Morgan fingerprint density at radius 2 is 1.85 bits per heavy atom. The molecule has 0 aliphatic carbocycles. The lowest BCUT2D eigenvalue weighted by Crippen LogP contribution is -2.44. The van der Waals surface area contributed by atoms with Gasteiger partial charge in [-0.05, 0) is 37.0 Å². The summed E-state index contributed by atoms with van der Waals surface area (Å²) in [4.78, 5) is 22.8. The molecule has 7 heteroatoms. The van der Waals surface area contributed by atoms with Gasteiger partial charge in [0.05, 0.1) is 20.8 Å². The van der Waals surface area contributed by atoms with Crippen molar-refractivity contribution in [1.82, 2.24) is 14.9 Å². The maximum absolute atomic E-state index is 12.6. The number of ether oxygens (including phenoxy) is 3. The number of rotatable bonds is 7. The molecule has 1 aliphatic heterocycles. The summed E-state index contributed by atoms with van der Waals surface area (Å²) < 4.78 is 16.3.